The number of carbonyl (C=O) groups excluding carboxylic acids is 3. The Labute approximate surface area is 140 Å². The lowest BCUT2D eigenvalue weighted by atomic mass is 10.1. The van der Waals surface area contributed by atoms with Crippen molar-refractivity contribution in [2.24, 2.45) is 0 Å². The lowest BCUT2D eigenvalue weighted by Gasteiger charge is -2.13. The first-order chi connectivity index (χ1) is 11.5. The quantitative estimate of drug-likeness (QED) is 0.714. The van der Waals surface area contributed by atoms with Crippen molar-refractivity contribution in [3.63, 3.8) is 0 Å². The number of nitrogens with zero attached hydrogens (tertiary/aromatic N) is 1. The van der Waals surface area contributed by atoms with Crippen LogP contribution >= 0.6 is 0 Å². The number of hydrogen-bond acceptors (Lipinski definition) is 5. The zero-order chi connectivity index (χ0) is 17.5. The Morgan fingerprint density at radius 1 is 1.12 bits per heavy atom. The summed E-state index contributed by atoms with van der Waals surface area (Å²) in [6.07, 6.45) is 1.27. The van der Waals surface area contributed by atoms with Crippen molar-refractivity contribution < 1.29 is 23.9 Å². The Hall–Kier alpha value is -2.57. The van der Waals surface area contributed by atoms with E-state index in [1.165, 1.54) is 0 Å². The lowest BCUT2D eigenvalue weighted by Crippen LogP contribution is -2.34. The van der Waals surface area contributed by atoms with Gasteiger partial charge in [-0.1, -0.05) is 6.07 Å². The highest BCUT2D eigenvalue weighted by Crippen LogP contribution is 2.27. The van der Waals surface area contributed by atoms with Crippen molar-refractivity contribution >= 4 is 17.7 Å². The van der Waals surface area contributed by atoms with E-state index in [2.05, 4.69) is 5.32 Å². The fourth-order valence-electron chi connectivity index (χ4n) is 2.56. The standard InChI is InChI=1S/C17H22N2O5/c1-23-13-4-3-12(11-14(13)24-2)7-9-18-15(20)8-10-19-16(21)5-6-17(19)22/h3-4,11H,5-10H2,1-2H3,(H,18,20). The third-order valence-electron chi connectivity index (χ3n) is 3.90. The summed E-state index contributed by atoms with van der Waals surface area (Å²) < 4.78 is 10.4. The number of likely N-dealkylation sites (tertiary alicyclic amines) is 1. The van der Waals surface area contributed by atoms with Crippen LogP contribution in [0.4, 0.5) is 0 Å². The maximum absolute atomic E-state index is 11.8. The second kappa shape index (κ2) is 8.33. The Bertz CT molecular complexity index is 613. The van der Waals surface area contributed by atoms with Crippen LogP contribution in [0.5, 0.6) is 11.5 Å². The van der Waals surface area contributed by atoms with Gasteiger partial charge in [0.2, 0.25) is 17.7 Å². The molecule has 0 atom stereocenters. The van der Waals surface area contributed by atoms with Gasteiger partial charge in [-0.3, -0.25) is 19.3 Å². The van der Waals surface area contributed by atoms with Crippen LogP contribution in [-0.2, 0) is 20.8 Å². The van der Waals surface area contributed by atoms with E-state index >= 15 is 0 Å². The summed E-state index contributed by atoms with van der Waals surface area (Å²) in [4.78, 5) is 35.9. The summed E-state index contributed by atoms with van der Waals surface area (Å²) in [5, 5.41) is 2.79. The monoisotopic (exact) mass is 334 g/mol. The molecule has 1 N–H and O–H groups in total. The molecule has 1 aliphatic rings. The van der Waals surface area contributed by atoms with Gasteiger partial charge in [-0.15, -0.1) is 0 Å². The van der Waals surface area contributed by atoms with E-state index in [-0.39, 0.29) is 43.5 Å². The van der Waals surface area contributed by atoms with Crippen molar-refractivity contribution in [1.29, 1.82) is 0 Å². The molecule has 24 heavy (non-hydrogen) atoms. The van der Waals surface area contributed by atoms with Crippen molar-refractivity contribution in [2.45, 2.75) is 25.7 Å². The molecule has 1 saturated heterocycles. The fourth-order valence-corrected chi connectivity index (χ4v) is 2.56. The van der Waals surface area contributed by atoms with Gasteiger partial charge in [0.05, 0.1) is 14.2 Å². The first-order valence-corrected chi connectivity index (χ1v) is 7.86. The van der Waals surface area contributed by atoms with Crippen molar-refractivity contribution in [1.82, 2.24) is 10.2 Å². The Kier molecular flexibility index (Phi) is 6.17. The molecule has 1 aromatic carbocycles. The number of methoxy groups -OCH3 is 2. The van der Waals surface area contributed by atoms with Crippen LogP contribution in [0.15, 0.2) is 18.2 Å². The van der Waals surface area contributed by atoms with Gasteiger partial charge in [-0.05, 0) is 24.1 Å². The first kappa shape index (κ1) is 17.8. The molecular formula is C17H22N2O5. The molecule has 1 heterocycles. The van der Waals surface area contributed by atoms with E-state index in [4.69, 9.17) is 9.47 Å². The van der Waals surface area contributed by atoms with Gasteiger partial charge in [0.1, 0.15) is 0 Å². The smallest absolute Gasteiger partial charge is 0.229 e. The first-order valence-electron chi connectivity index (χ1n) is 7.86. The topological polar surface area (TPSA) is 84.9 Å². The van der Waals surface area contributed by atoms with Gasteiger partial charge in [0.15, 0.2) is 11.5 Å². The molecule has 1 aliphatic heterocycles. The maximum atomic E-state index is 11.8. The van der Waals surface area contributed by atoms with E-state index in [0.717, 1.165) is 10.5 Å². The number of hydrogen-bond donors (Lipinski definition) is 1. The predicted molar refractivity (Wildman–Crippen MR) is 86.8 cm³/mol. The molecule has 0 bridgehead atoms. The summed E-state index contributed by atoms with van der Waals surface area (Å²) in [6.45, 7) is 0.621. The highest BCUT2D eigenvalue weighted by molar-refractivity contribution is 6.02. The van der Waals surface area contributed by atoms with Gasteiger partial charge in [-0.25, -0.2) is 0 Å². The number of rotatable bonds is 8. The number of amides is 3. The minimum absolute atomic E-state index is 0.128. The third kappa shape index (κ3) is 4.47. The van der Waals surface area contributed by atoms with E-state index in [1.54, 1.807) is 14.2 Å². The molecular weight excluding hydrogens is 312 g/mol. The molecule has 0 radical (unpaired) electrons. The second-order valence-corrected chi connectivity index (χ2v) is 5.48. The van der Waals surface area contributed by atoms with Crippen LogP contribution in [0.25, 0.3) is 0 Å². The fraction of sp³-hybridized carbons (Fsp3) is 0.471. The predicted octanol–water partition coefficient (Wildman–Crippen LogP) is 0.902. The van der Waals surface area contributed by atoms with Crippen LogP contribution in [0.1, 0.15) is 24.8 Å². The van der Waals surface area contributed by atoms with E-state index in [9.17, 15) is 14.4 Å². The van der Waals surface area contributed by atoms with Crippen LogP contribution in [0, 0.1) is 0 Å². The van der Waals surface area contributed by atoms with Gasteiger partial charge < -0.3 is 14.8 Å². The molecule has 7 heteroatoms. The molecule has 0 spiro atoms. The SMILES string of the molecule is COc1ccc(CCNC(=O)CCN2C(=O)CCC2=O)cc1OC. The highest BCUT2D eigenvalue weighted by atomic mass is 16.5. The number of carbonyl (C=O) groups is 3. The van der Waals surface area contributed by atoms with Crippen LogP contribution in [0.3, 0.4) is 0 Å². The largest absolute Gasteiger partial charge is 0.493 e. The summed E-state index contributed by atoms with van der Waals surface area (Å²) in [6, 6.07) is 5.60. The summed E-state index contributed by atoms with van der Waals surface area (Å²) in [5.41, 5.74) is 1.01. The molecule has 1 aromatic rings. The lowest BCUT2D eigenvalue weighted by molar-refractivity contribution is -0.138. The summed E-state index contributed by atoms with van der Waals surface area (Å²) in [5.74, 6) is 0.733. The van der Waals surface area contributed by atoms with Gasteiger partial charge in [0.25, 0.3) is 0 Å². The van der Waals surface area contributed by atoms with Crippen molar-refractivity contribution in [3.05, 3.63) is 23.8 Å². The number of ether oxygens (including phenoxy) is 2. The summed E-state index contributed by atoms with van der Waals surface area (Å²) >= 11 is 0. The van der Waals surface area contributed by atoms with E-state index in [0.29, 0.717) is 24.5 Å². The van der Waals surface area contributed by atoms with Crippen molar-refractivity contribution in [2.75, 3.05) is 27.3 Å². The summed E-state index contributed by atoms with van der Waals surface area (Å²) in [7, 11) is 3.15. The molecule has 0 aliphatic carbocycles. The average Bonchev–Trinajstić information content (AvgIpc) is 2.91. The highest BCUT2D eigenvalue weighted by Gasteiger charge is 2.28. The molecule has 2 rings (SSSR count). The zero-order valence-corrected chi connectivity index (χ0v) is 14.0. The number of nitrogens with one attached hydrogen (secondary N) is 1. The molecule has 3 amide bonds. The molecule has 130 valence electrons. The van der Waals surface area contributed by atoms with Crippen LogP contribution < -0.4 is 14.8 Å². The Morgan fingerprint density at radius 2 is 1.79 bits per heavy atom. The Morgan fingerprint density at radius 3 is 2.42 bits per heavy atom. The number of benzene rings is 1. The van der Waals surface area contributed by atoms with Crippen LogP contribution in [-0.4, -0.2) is 49.9 Å². The number of imide groups is 1. The minimum atomic E-state index is -0.196. The normalized spacial score (nSPS) is 14.0. The van der Waals surface area contributed by atoms with Gasteiger partial charge >= 0.3 is 0 Å². The molecule has 0 unspecified atom stereocenters. The van der Waals surface area contributed by atoms with E-state index in [1.807, 2.05) is 18.2 Å². The zero-order valence-electron chi connectivity index (χ0n) is 14.0. The average molecular weight is 334 g/mol. The molecule has 1 fully saturated rings. The molecule has 7 nitrogen and oxygen atoms in total. The second-order valence-electron chi connectivity index (χ2n) is 5.48. The maximum Gasteiger partial charge on any atom is 0.229 e. The molecule has 0 aromatic heterocycles. The van der Waals surface area contributed by atoms with Gasteiger partial charge in [-0.2, -0.15) is 0 Å². The van der Waals surface area contributed by atoms with Crippen molar-refractivity contribution in [3.8, 4) is 11.5 Å². The van der Waals surface area contributed by atoms with E-state index < -0.39 is 0 Å². The third-order valence-corrected chi connectivity index (χ3v) is 3.90. The molecule has 0 saturated carbocycles. The minimum Gasteiger partial charge on any atom is -0.493 e. The van der Waals surface area contributed by atoms with Gasteiger partial charge in [0, 0.05) is 32.4 Å². The Balaban J connectivity index is 1.74. The van der Waals surface area contributed by atoms with Crippen LogP contribution in [0.2, 0.25) is 0 Å².